The Morgan fingerprint density at radius 3 is 2.35 bits per heavy atom. The number of carbonyl (C=O) groups excluding carboxylic acids is 2. The van der Waals surface area contributed by atoms with Crippen molar-refractivity contribution in [2.24, 2.45) is 0 Å². The fourth-order valence-electron chi connectivity index (χ4n) is 1.26. The number of ketones is 2. The number of allylic oxidation sites excluding steroid dienone is 8. The van der Waals surface area contributed by atoms with Gasteiger partial charge in [-0.2, -0.15) is 0 Å². The number of carbonyl (C=O) groups is 2. The molecule has 0 bridgehead atoms. The van der Waals surface area contributed by atoms with Crippen LogP contribution < -0.4 is 4.89 Å². The summed E-state index contributed by atoms with van der Waals surface area (Å²) >= 11 is 0. The summed E-state index contributed by atoms with van der Waals surface area (Å²) in [6, 6.07) is 0. The van der Waals surface area contributed by atoms with E-state index in [2.05, 4.69) is 13.2 Å². The molecule has 0 N–H and O–H groups in total. The molecular weight excluding hydrogens is 235 g/mol. The number of rotatable bonds is 4. The average molecular weight is 246 g/mol. The highest BCUT2D eigenvalue weighted by Gasteiger charge is 2.23. The second-order valence-corrected chi connectivity index (χ2v) is 4.51. The summed E-state index contributed by atoms with van der Waals surface area (Å²) in [5.41, 5.74) is 0.103. The summed E-state index contributed by atoms with van der Waals surface area (Å²) in [6.07, 6.45) is 8.40. The first-order chi connectivity index (χ1) is 8.11. The third-order valence-electron chi connectivity index (χ3n) is 2.05. The Morgan fingerprint density at radius 1 is 1.12 bits per heavy atom. The molecule has 0 saturated heterocycles. The molecule has 0 aromatic carbocycles. The molecule has 4 heteroatoms. The van der Waals surface area contributed by atoms with Crippen molar-refractivity contribution in [3.8, 4) is 0 Å². The zero-order valence-corrected chi connectivity index (χ0v) is 10.0. The van der Waals surface area contributed by atoms with E-state index in [0.29, 0.717) is 0 Å². The Hall–Kier alpha value is -1.83. The van der Waals surface area contributed by atoms with E-state index in [9.17, 15) is 14.5 Å². The van der Waals surface area contributed by atoms with E-state index in [-0.39, 0.29) is 10.9 Å². The standard InChI is InChI=1S/C13H11O3P/c1-3-11(14)10-8-6-5-7-9-17(16)13(10)12(15)4-2/h3-9H,1-2H2/b6-5?,7-5-,8-6-,9-7?,10-8?,13-10+. The minimum Gasteiger partial charge on any atom is -0.626 e. The lowest BCUT2D eigenvalue weighted by atomic mass is 10.1. The topological polar surface area (TPSA) is 57.2 Å². The van der Waals surface area contributed by atoms with Crippen molar-refractivity contribution in [1.82, 2.24) is 0 Å². The molecular formula is C13H11O3P. The van der Waals surface area contributed by atoms with Crippen LogP contribution in [0.5, 0.6) is 0 Å². The zero-order chi connectivity index (χ0) is 12.8. The van der Waals surface area contributed by atoms with E-state index in [0.717, 1.165) is 12.2 Å². The van der Waals surface area contributed by atoms with E-state index in [1.807, 2.05) is 0 Å². The van der Waals surface area contributed by atoms with Gasteiger partial charge in [0, 0.05) is 0 Å². The Morgan fingerprint density at radius 2 is 1.76 bits per heavy atom. The summed E-state index contributed by atoms with van der Waals surface area (Å²) in [6.45, 7) is 6.70. The van der Waals surface area contributed by atoms with Crippen molar-refractivity contribution >= 4 is 25.1 Å². The van der Waals surface area contributed by atoms with Crippen LogP contribution in [0, 0.1) is 0 Å². The number of hydrogen-bond donors (Lipinski definition) is 0. The molecule has 0 fully saturated rings. The molecule has 1 aliphatic rings. The van der Waals surface area contributed by atoms with Gasteiger partial charge in [-0.15, -0.1) is 0 Å². The third-order valence-corrected chi connectivity index (χ3v) is 3.40. The van der Waals surface area contributed by atoms with Gasteiger partial charge in [0.1, 0.15) is 5.80 Å². The quantitative estimate of drug-likeness (QED) is 0.557. The van der Waals surface area contributed by atoms with E-state index < -0.39 is 19.3 Å². The molecule has 1 unspecified atom stereocenters. The molecule has 3 nitrogen and oxygen atoms in total. The Kier molecular flexibility index (Phi) is 4.70. The molecule has 1 heterocycles. The van der Waals surface area contributed by atoms with Crippen LogP contribution in [-0.2, 0) is 9.59 Å². The molecule has 0 aromatic heterocycles. The third kappa shape index (κ3) is 3.06. The van der Waals surface area contributed by atoms with Crippen LogP contribution in [-0.4, -0.2) is 17.4 Å². The van der Waals surface area contributed by atoms with Gasteiger partial charge in [-0.25, -0.2) is 0 Å². The minimum absolute atomic E-state index is 0.0273. The van der Waals surface area contributed by atoms with Crippen LogP contribution >= 0.6 is 7.77 Å². The molecule has 0 radical (unpaired) electrons. The maximum Gasteiger partial charge on any atom is 0.228 e. The Balaban J connectivity index is 3.50. The van der Waals surface area contributed by atoms with Crippen molar-refractivity contribution in [1.29, 1.82) is 0 Å². The minimum atomic E-state index is -2.04. The molecule has 0 saturated carbocycles. The summed E-state index contributed by atoms with van der Waals surface area (Å²) in [4.78, 5) is 35.2. The van der Waals surface area contributed by atoms with Crippen molar-refractivity contribution < 1.29 is 14.5 Å². The largest absolute Gasteiger partial charge is 0.626 e. The lowest BCUT2D eigenvalue weighted by Crippen LogP contribution is -2.10. The first-order valence-corrected chi connectivity index (χ1v) is 6.17. The van der Waals surface area contributed by atoms with E-state index in [4.69, 9.17) is 0 Å². The van der Waals surface area contributed by atoms with Crippen molar-refractivity contribution in [2.45, 2.75) is 0 Å². The summed E-state index contributed by atoms with van der Waals surface area (Å²) in [7, 11) is -2.04. The smallest absolute Gasteiger partial charge is 0.228 e. The molecule has 0 amide bonds. The number of hydrogen-bond acceptors (Lipinski definition) is 3. The first-order valence-electron chi connectivity index (χ1n) is 4.84. The van der Waals surface area contributed by atoms with Crippen molar-refractivity contribution in [2.75, 3.05) is 0 Å². The van der Waals surface area contributed by atoms with E-state index in [1.165, 1.54) is 11.9 Å². The molecule has 0 aromatic rings. The molecule has 1 aliphatic heterocycles. The summed E-state index contributed by atoms with van der Waals surface area (Å²) in [5, 5.41) is -0.0273. The molecule has 1 rings (SSSR count). The second kappa shape index (κ2) is 6.04. The average Bonchev–Trinajstić information content (AvgIpc) is 2.32. The lowest BCUT2D eigenvalue weighted by Gasteiger charge is -2.05. The highest BCUT2D eigenvalue weighted by atomic mass is 31.1. The Bertz CT molecular complexity index is 505. The molecule has 0 spiro atoms. The van der Waals surface area contributed by atoms with Gasteiger partial charge in [-0.05, 0) is 24.3 Å². The van der Waals surface area contributed by atoms with Gasteiger partial charge >= 0.3 is 0 Å². The fourth-order valence-corrected chi connectivity index (χ4v) is 2.40. The highest BCUT2D eigenvalue weighted by Crippen LogP contribution is 2.31. The van der Waals surface area contributed by atoms with Crippen LogP contribution in [0.4, 0.5) is 0 Å². The van der Waals surface area contributed by atoms with Crippen LogP contribution in [0.25, 0.3) is 0 Å². The van der Waals surface area contributed by atoms with Crippen LogP contribution in [0.3, 0.4) is 0 Å². The maximum absolute atomic E-state index is 11.9. The SMILES string of the molecule is C=CC(=O)C1=C(C(=O)C=C)/[P+]([O-])=C\C=C/C=C\1. The zero-order valence-electron chi connectivity index (χ0n) is 9.13. The summed E-state index contributed by atoms with van der Waals surface area (Å²) in [5.74, 6) is 0.442. The molecule has 1 atom stereocenters. The van der Waals surface area contributed by atoms with Gasteiger partial charge < -0.3 is 4.89 Å². The molecule has 17 heavy (non-hydrogen) atoms. The van der Waals surface area contributed by atoms with Crippen molar-refractivity contribution in [3.05, 3.63) is 60.5 Å². The van der Waals surface area contributed by atoms with Gasteiger partial charge in [-0.3, -0.25) is 9.59 Å². The van der Waals surface area contributed by atoms with Gasteiger partial charge in [0.15, 0.2) is 5.78 Å². The van der Waals surface area contributed by atoms with Gasteiger partial charge in [0.2, 0.25) is 11.1 Å². The van der Waals surface area contributed by atoms with Gasteiger partial charge in [0.05, 0.1) is 13.3 Å². The predicted molar refractivity (Wildman–Crippen MR) is 68.7 cm³/mol. The molecule has 0 aliphatic carbocycles. The van der Waals surface area contributed by atoms with Gasteiger partial charge in [0.25, 0.3) is 0 Å². The highest BCUT2D eigenvalue weighted by molar-refractivity contribution is 7.56. The van der Waals surface area contributed by atoms with Crippen LogP contribution in [0.1, 0.15) is 0 Å². The fraction of sp³-hybridized carbons (Fsp3) is 0. The second-order valence-electron chi connectivity index (χ2n) is 3.12. The maximum atomic E-state index is 11.9. The molecule has 86 valence electrons. The van der Waals surface area contributed by atoms with Crippen LogP contribution in [0.15, 0.2) is 60.5 Å². The predicted octanol–water partition coefficient (Wildman–Crippen LogP) is 1.44. The monoisotopic (exact) mass is 246 g/mol. The normalized spacial score (nSPS) is 25.8. The van der Waals surface area contributed by atoms with E-state index in [1.54, 1.807) is 18.2 Å². The lowest BCUT2D eigenvalue weighted by molar-refractivity contribution is -0.151. The van der Waals surface area contributed by atoms with Gasteiger partial charge in [-0.1, -0.05) is 25.3 Å². The van der Waals surface area contributed by atoms with E-state index >= 15 is 0 Å². The first kappa shape index (κ1) is 13.2. The van der Waals surface area contributed by atoms with Crippen molar-refractivity contribution in [3.63, 3.8) is 0 Å². The summed E-state index contributed by atoms with van der Waals surface area (Å²) < 4.78 is 0. The van der Waals surface area contributed by atoms with Crippen LogP contribution in [0.2, 0.25) is 0 Å². The Labute approximate surface area is 101 Å².